The standard InChI is InChI=1S/C10H8BrClO2/c11-9-5-7(6-13)1-2-8(9)10(14)3-4-12/h1-2,5-6H,3-4H2. The summed E-state index contributed by atoms with van der Waals surface area (Å²) >= 11 is 8.70. The third kappa shape index (κ3) is 2.66. The fraction of sp³-hybridized carbons (Fsp3) is 0.200. The van der Waals surface area contributed by atoms with Gasteiger partial charge < -0.3 is 0 Å². The van der Waals surface area contributed by atoms with Crippen LogP contribution in [-0.4, -0.2) is 17.9 Å². The minimum atomic E-state index is -0.0238. The van der Waals surface area contributed by atoms with Gasteiger partial charge in [0.15, 0.2) is 5.78 Å². The van der Waals surface area contributed by atoms with Gasteiger partial charge in [0.05, 0.1) is 0 Å². The van der Waals surface area contributed by atoms with Gasteiger partial charge in [-0.15, -0.1) is 11.6 Å². The zero-order valence-electron chi connectivity index (χ0n) is 7.30. The van der Waals surface area contributed by atoms with Crippen molar-refractivity contribution in [3.63, 3.8) is 0 Å². The lowest BCUT2D eigenvalue weighted by molar-refractivity contribution is 0.0987. The minimum absolute atomic E-state index is 0.0238. The molecular formula is C10H8BrClO2. The Bertz CT molecular complexity index is 363. The zero-order chi connectivity index (χ0) is 10.6. The number of carbonyl (C=O) groups is 2. The van der Waals surface area contributed by atoms with E-state index in [0.29, 0.717) is 27.9 Å². The molecule has 2 nitrogen and oxygen atoms in total. The number of alkyl halides is 1. The highest BCUT2D eigenvalue weighted by Crippen LogP contribution is 2.19. The Morgan fingerprint density at radius 2 is 2.21 bits per heavy atom. The number of hydrogen-bond acceptors (Lipinski definition) is 2. The van der Waals surface area contributed by atoms with Gasteiger partial charge in [-0.2, -0.15) is 0 Å². The SMILES string of the molecule is O=Cc1ccc(C(=O)CCCl)c(Br)c1. The molecule has 0 saturated carbocycles. The summed E-state index contributed by atoms with van der Waals surface area (Å²) in [5.74, 6) is 0.282. The molecule has 0 amide bonds. The molecule has 0 aliphatic carbocycles. The fourth-order valence-corrected chi connectivity index (χ4v) is 1.84. The van der Waals surface area contributed by atoms with E-state index in [2.05, 4.69) is 15.9 Å². The Morgan fingerprint density at radius 1 is 1.50 bits per heavy atom. The van der Waals surface area contributed by atoms with Crippen LogP contribution in [-0.2, 0) is 0 Å². The van der Waals surface area contributed by atoms with Crippen LogP contribution >= 0.6 is 27.5 Å². The van der Waals surface area contributed by atoms with E-state index in [1.54, 1.807) is 18.2 Å². The van der Waals surface area contributed by atoms with Gasteiger partial charge in [-0.05, 0) is 12.1 Å². The van der Waals surface area contributed by atoms with Crippen molar-refractivity contribution in [1.29, 1.82) is 0 Å². The highest BCUT2D eigenvalue weighted by molar-refractivity contribution is 9.10. The second-order valence-corrected chi connectivity index (χ2v) is 3.95. The molecule has 14 heavy (non-hydrogen) atoms. The van der Waals surface area contributed by atoms with Gasteiger partial charge >= 0.3 is 0 Å². The van der Waals surface area contributed by atoms with Gasteiger partial charge in [0.2, 0.25) is 0 Å². The predicted molar refractivity (Wildman–Crippen MR) is 59.2 cm³/mol. The molecule has 0 bridgehead atoms. The maximum atomic E-state index is 11.5. The average Bonchev–Trinajstić information content (AvgIpc) is 2.17. The average molecular weight is 276 g/mol. The Labute approximate surface area is 95.4 Å². The molecule has 1 aromatic rings. The number of ketones is 1. The van der Waals surface area contributed by atoms with Crippen LogP contribution in [0.4, 0.5) is 0 Å². The molecule has 0 spiro atoms. The third-order valence-electron chi connectivity index (χ3n) is 1.75. The number of hydrogen-bond donors (Lipinski definition) is 0. The molecule has 0 aliphatic heterocycles. The van der Waals surface area contributed by atoms with Crippen LogP contribution in [0.1, 0.15) is 27.1 Å². The topological polar surface area (TPSA) is 34.1 Å². The number of halogens is 2. The molecule has 1 aromatic carbocycles. The molecule has 74 valence electrons. The van der Waals surface area contributed by atoms with E-state index < -0.39 is 0 Å². The largest absolute Gasteiger partial charge is 0.298 e. The van der Waals surface area contributed by atoms with Gasteiger partial charge in [-0.25, -0.2) is 0 Å². The van der Waals surface area contributed by atoms with Crippen molar-refractivity contribution in [3.05, 3.63) is 33.8 Å². The summed E-state index contributed by atoms with van der Waals surface area (Å²) in [6, 6.07) is 4.86. The van der Waals surface area contributed by atoms with Crippen molar-refractivity contribution in [2.24, 2.45) is 0 Å². The number of aldehydes is 1. The molecule has 0 atom stereocenters. The zero-order valence-corrected chi connectivity index (χ0v) is 9.64. The number of benzene rings is 1. The van der Waals surface area contributed by atoms with Crippen LogP contribution < -0.4 is 0 Å². The van der Waals surface area contributed by atoms with Crippen molar-refractivity contribution >= 4 is 39.6 Å². The molecule has 1 rings (SSSR count). The summed E-state index contributed by atoms with van der Waals surface area (Å²) in [5.41, 5.74) is 1.11. The first-order chi connectivity index (χ1) is 6.69. The summed E-state index contributed by atoms with van der Waals surface area (Å²) in [5, 5.41) is 0. The fourth-order valence-electron chi connectivity index (χ4n) is 1.05. The lowest BCUT2D eigenvalue weighted by atomic mass is 10.1. The smallest absolute Gasteiger partial charge is 0.165 e. The van der Waals surface area contributed by atoms with Crippen LogP contribution in [0.2, 0.25) is 0 Å². The molecule has 4 heteroatoms. The van der Waals surface area contributed by atoms with Gasteiger partial charge in [0.1, 0.15) is 6.29 Å². The van der Waals surface area contributed by atoms with E-state index in [4.69, 9.17) is 11.6 Å². The predicted octanol–water partition coefficient (Wildman–Crippen LogP) is 3.07. The summed E-state index contributed by atoms with van der Waals surface area (Å²) in [4.78, 5) is 21.9. The van der Waals surface area contributed by atoms with Gasteiger partial charge in [-0.3, -0.25) is 9.59 Å². The molecule has 0 fully saturated rings. The summed E-state index contributed by atoms with van der Waals surface area (Å²) < 4.78 is 0.636. The summed E-state index contributed by atoms with van der Waals surface area (Å²) in [7, 11) is 0. The van der Waals surface area contributed by atoms with Crippen molar-refractivity contribution in [3.8, 4) is 0 Å². The molecular weight excluding hydrogens is 267 g/mol. The van der Waals surface area contributed by atoms with Crippen molar-refractivity contribution in [2.45, 2.75) is 6.42 Å². The number of Topliss-reactive ketones (excluding diaryl/α,β-unsaturated/α-hetero) is 1. The number of carbonyl (C=O) groups excluding carboxylic acids is 2. The molecule has 0 heterocycles. The first kappa shape index (κ1) is 11.4. The molecule has 0 radical (unpaired) electrons. The molecule has 0 unspecified atom stereocenters. The lowest BCUT2D eigenvalue weighted by Gasteiger charge is -2.02. The van der Waals surface area contributed by atoms with Gasteiger partial charge in [-0.1, -0.05) is 22.0 Å². The molecule has 0 N–H and O–H groups in total. The third-order valence-corrected chi connectivity index (χ3v) is 2.60. The Balaban J connectivity index is 2.99. The molecule has 0 aliphatic rings. The Hall–Kier alpha value is -0.670. The first-order valence-corrected chi connectivity index (χ1v) is 5.35. The minimum Gasteiger partial charge on any atom is -0.298 e. The summed E-state index contributed by atoms with van der Waals surface area (Å²) in [6.45, 7) is 0. The summed E-state index contributed by atoms with van der Waals surface area (Å²) in [6.07, 6.45) is 1.04. The van der Waals surface area contributed by atoms with Crippen molar-refractivity contribution < 1.29 is 9.59 Å². The van der Waals surface area contributed by atoms with Crippen LogP contribution in [0.5, 0.6) is 0 Å². The second kappa shape index (κ2) is 5.27. The van der Waals surface area contributed by atoms with Crippen LogP contribution in [0.3, 0.4) is 0 Å². The first-order valence-electron chi connectivity index (χ1n) is 4.03. The van der Waals surface area contributed by atoms with Gasteiger partial charge in [0, 0.05) is 27.9 Å². The van der Waals surface area contributed by atoms with E-state index >= 15 is 0 Å². The Kier molecular flexibility index (Phi) is 4.29. The van der Waals surface area contributed by atoms with Crippen LogP contribution in [0.15, 0.2) is 22.7 Å². The second-order valence-electron chi connectivity index (χ2n) is 2.72. The normalized spacial score (nSPS) is 9.86. The van der Waals surface area contributed by atoms with E-state index in [9.17, 15) is 9.59 Å². The van der Waals surface area contributed by atoms with Gasteiger partial charge in [0.25, 0.3) is 0 Å². The highest BCUT2D eigenvalue weighted by Gasteiger charge is 2.09. The van der Waals surface area contributed by atoms with E-state index in [1.165, 1.54) is 0 Å². The Morgan fingerprint density at radius 3 is 2.71 bits per heavy atom. The monoisotopic (exact) mass is 274 g/mol. The maximum Gasteiger partial charge on any atom is 0.165 e. The van der Waals surface area contributed by atoms with Crippen molar-refractivity contribution in [2.75, 3.05) is 5.88 Å². The molecule has 0 saturated heterocycles. The molecule has 0 aromatic heterocycles. The van der Waals surface area contributed by atoms with Crippen LogP contribution in [0, 0.1) is 0 Å². The number of rotatable bonds is 4. The van der Waals surface area contributed by atoms with E-state index in [1.807, 2.05) is 0 Å². The highest BCUT2D eigenvalue weighted by atomic mass is 79.9. The van der Waals surface area contributed by atoms with Crippen LogP contribution in [0.25, 0.3) is 0 Å². The van der Waals surface area contributed by atoms with E-state index in [-0.39, 0.29) is 5.78 Å². The quantitative estimate of drug-likeness (QED) is 0.481. The van der Waals surface area contributed by atoms with E-state index in [0.717, 1.165) is 6.29 Å². The lowest BCUT2D eigenvalue weighted by Crippen LogP contribution is -2.01. The van der Waals surface area contributed by atoms with Crippen molar-refractivity contribution in [1.82, 2.24) is 0 Å². The maximum absolute atomic E-state index is 11.5.